The fraction of sp³-hybridized carbons (Fsp3) is 0.143. The molecule has 104 valence electrons. The van der Waals surface area contributed by atoms with Crippen molar-refractivity contribution in [2.75, 3.05) is 18.2 Å². The summed E-state index contributed by atoms with van der Waals surface area (Å²) in [6, 6.07) is 9.68. The number of aromatic nitrogens is 1. The fourth-order valence-corrected chi connectivity index (χ4v) is 1.72. The van der Waals surface area contributed by atoms with Gasteiger partial charge in [0.05, 0.1) is 18.5 Å². The molecule has 0 bridgehead atoms. The summed E-state index contributed by atoms with van der Waals surface area (Å²) >= 11 is 0. The van der Waals surface area contributed by atoms with Gasteiger partial charge in [0.2, 0.25) is 5.91 Å². The van der Waals surface area contributed by atoms with Crippen molar-refractivity contribution < 1.29 is 9.53 Å². The monoisotopic (exact) mass is 273 g/mol. The first kappa shape index (κ1) is 13.7. The fourth-order valence-electron chi connectivity index (χ4n) is 1.72. The highest BCUT2D eigenvalue weighted by molar-refractivity contribution is 5.93. The van der Waals surface area contributed by atoms with Crippen molar-refractivity contribution in [3.8, 4) is 5.75 Å². The topological polar surface area (TPSA) is 86.3 Å². The molecule has 2 rings (SSSR count). The Hall–Kier alpha value is -2.76. The number of ether oxygens (including phenoxy) is 1. The van der Waals surface area contributed by atoms with Gasteiger partial charge in [0.15, 0.2) is 0 Å². The molecule has 6 heteroatoms. The van der Waals surface area contributed by atoms with Crippen molar-refractivity contribution in [1.82, 2.24) is 4.57 Å². The number of nitrogens with two attached hydrogens (primary N) is 1. The van der Waals surface area contributed by atoms with E-state index in [1.165, 1.54) is 17.7 Å². The van der Waals surface area contributed by atoms with Crippen molar-refractivity contribution >= 4 is 17.3 Å². The van der Waals surface area contributed by atoms with Crippen molar-refractivity contribution in [2.45, 2.75) is 6.54 Å². The van der Waals surface area contributed by atoms with E-state index in [1.54, 1.807) is 36.5 Å². The molecule has 0 saturated carbocycles. The lowest BCUT2D eigenvalue weighted by atomic mass is 10.2. The van der Waals surface area contributed by atoms with Gasteiger partial charge in [0.25, 0.3) is 5.56 Å². The van der Waals surface area contributed by atoms with Crippen LogP contribution in [0.5, 0.6) is 5.75 Å². The van der Waals surface area contributed by atoms with Crippen LogP contribution in [0.4, 0.5) is 11.4 Å². The average Bonchev–Trinajstić information content (AvgIpc) is 2.43. The highest BCUT2D eigenvalue weighted by Crippen LogP contribution is 2.23. The molecule has 1 aromatic carbocycles. The summed E-state index contributed by atoms with van der Waals surface area (Å²) < 4.78 is 6.34. The number of nitrogens with zero attached hydrogens (tertiary/aromatic N) is 1. The zero-order valence-electron chi connectivity index (χ0n) is 11.0. The van der Waals surface area contributed by atoms with Crippen LogP contribution in [0, 0.1) is 0 Å². The summed E-state index contributed by atoms with van der Waals surface area (Å²) in [5.41, 5.74) is 6.46. The maximum absolute atomic E-state index is 11.9. The van der Waals surface area contributed by atoms with Crippen LogP contribution in [0.1, 0.15) is 0 Å². The van der Waals surface area contributed by atoms with E-state index in [9.17, 15) is 9.59 Å². The lowest BCUT2D eigenvalue weighted by molar-refractivity contribution is -0.116. The molecule has 0 aliphatic heterocycles. The van der Waals surface area contributed by atoms with Gasteiger partial charge in [0.1, 0.15) is 12.3 Å². The molecule has 0 radical (unpaired) electrons. The van der Waals surface area contributed by atoms with E-state index in [-0.39, 0.29) is 18.0 Å². The number of carbonyl (C=O) groups excluding carboxylic acids is 1. The maximum atomic E-state index is 11.9. The Balaban J connectivity index is 2.09. The second kappa shape index (κ2) is 5.92. The van der Waals surface area contributed by atoms with Gasteiger partial charge in [-0.2, -0.15) is 0 Å². The molecule has 0 aliphatic carbocycles. The summed E-state index contributed by atoms with van der Waals surface area (Å²) in [7, 11) is 1.54. The normalized spacial score (nSPS) is 10.1. The van der Waals surface area contributed by atoms with Gasteiger partial charge in [-0.15, -0.1) is 0 Å². The van der Waals surface area contributed by atoms with Crippen LogP contribution in [-0.2, 0) is 11.3 Å². The lowest BCUT2D eigenvalue weighted by Gasteiger charge is -2.10. The summed E-state index contributed by atoms with van der Waals surface area (Å²) in [6.45, 7) is -0.0643. The zero-order chi connectivity index (χ0) is 14.5. The van der Waals surface area contributed by atoms with E-state index in [2.05, 4.69) is 5.32 Å². The molecule has 3 N–H and O–H groups in total. The molecule has 0 atom stereocenters. The summed E-state index contributed by atoms with van der Waals surface area (Å²) in [4.78, 5) is 23.4. The molecular weight excluding hydrogens is 258 g/mol. The Bertz CT molecular complexity index is 679. The van der Waals surface area contributed by atoms with Crippen LogP contribution < -0.4 is 21.3 Å². The molecule has 1 aromatic heterocycles. The number of methoxy groups -OCH3 is 1. The molecule has 1 amide bonds. The number of nitrogen functional groups attached to an aromatic ring is 1. The number of benzene rings is 1. The minimum absolute atomic E-state index is 0.0643. The first-order valence-corrected chi connectivity index (χ1v) is 5.99. The van der Waals surface area contributed by atoms with E-state index in [1.807, 2.05) is 0 Å². The van der Waals surface area contributed by atoms with E-state index in [0.29, 0.717) is 17.1 Å². The third-order valence-corrected chi connectivity index (χ3v) is 2.75. The van der Waals surface area contributed by atoms with Crippen LogP contribution in [0.25, 0.3) is 0 Å². The molecule has 2 aromatic rings. The number of hydrogen-bond donors (Lipinski definition) is 2. The minimum atomic E-state index is -0.324. The van der Waals surface area contributed by atoms with Gasteiger partial charge in [-0.25, -0.2) is 0 Å². The number of rotatable bonds is 4. The minimum Gasteiger partial charge on any atom is -0.497 e. The maximum Gasteiger partial charge on any atom is 0.250 e. The second-order valence-corrected chi connectivity index (χ2v) is 4.17. The van der Waals surface area contributed by atoms with Gasteiger partial charge in [0, 0.05) is 18.3 Å². The summed E-state index contributed by atoms with van der Waals surface area (Å²) in [6.07, 6.45) is 1.55. The van der Waals surface area contributed by atoms with Crippen molar-refractivity contribution in [1.29, 1.82) is 0 Å². The van der Waals surface area contributed by atoms with Crippen molar-refractivity contribution in [2.24, 2.45) is 0 Å². The molecule has 6 nitrogen and oxygen atoms in total. The van der Waals surface area contributed by atoms with Crippen molar-refractivity contribution in [3.63, 3.8) is 0 Å². The summed E-state index contributed by atoms with van der Waals surface area (Å²) in [5, 5.41) is 2.66. The number of nitrogens with one attached hydrogen (secondary N) is 1. The van der Waals surface area contributed by atoms with Crippen LogP contribution >= 0.6 is 0 Å². The second-order valence-electron chi connectivity index (χ2n) is 4.17. The number of hydrogen-bond acceptors (Lipinski definition) is 4. The predicted octanol–water partition coefficient (Wildman–Crippen LogP) is 1.08. The average molecular weight is 273 g/mol. The van der Waals surface area contributed by atoms with Gasteiger partial charge < -0.3 is 20.4 Å². The van der Waals surface area contributed by atoms with E-state index < -0.39 is 0 Å². The Labute approximate surface area is 115 Å². The van der Waals surface area contributed by atoms with Gasteiger partial charge in [-0.05, 0) is 18.2 Å². The molecule has 0 saturated heterocycles. The molecule has 20 heavy (non-hydrogen) atoms. The molecule has 0 unspecified atom stereocenters. The SMILES string of the molecule is COc1ccc(NC(=O)Cn2ccccc2=O)c(N)c1. The number of anilines is 2. The third kappa shape index (κ3) is 3.17. The van der Waals surface area contributed by atoms with E-state index in [4.69, 9.17) is 10.5 Å². The first-order valence-electron chi connectivity index (χ1n) is 5.99. The van der Waals surface area contributed by atoms with E-state index in [0.717, 1.165) is 0 Å². The quantitative estimate of drug-likeness (QED) is 0.816. The van der Waals surface area contributed by atoms with Gasteiger partial charge in [-0.1, -0.05) is 6.07 Å². The molecular formula is C14H15N3O3. The predicted molar refractivity (Wildman–Crippen MR) is 76.7 cm³/mol. The molecule has 1 heterocycles. The third-order valence-electron chi connectivity index (χ3n) is 2.75. The van der Waals surface area contributed by atoms with Crippen LogP contribution in [0.15, 0.2) is 47.4 Å². The van der Waals surface area contributed by atoms with Gasteiger partial charge >= 0.3 is 0 Å². The molecule has 0 aliphatic rings. The lowest BCUT2D eigenvalue weighted by Crippen LogP contribution is -2.26. The standard InChI is InChI=1S/C14H15N3O3/c1-20-10-5-6-12(11(15)8-10)16-13(18)9-17-7-3-2-4-14(17)19/h2-8H,9,15H2,1H3,(H,16,18). The van der Waals surface area contributed by atoms with Gasteiger partial charge in [-0.3, -0.25) is 9.59 Å². The first-order chi connectivity index (χ1) is 9.60. The van der Waals surface area contributed by atoms with Crippen LogP contribution in [0.3, 0.4) is 0 Å². The number of carbonyl (C=O) groups is 1. The van der Waals surface area contributed by atoms with E-state index >= 15 is 0 Å². The largest absolute Gasteiger partial charge is 0.497 e. The number of amides is 1. The highest BCUT2D eigenvalue weighted by Gasteiger charge is 2.07. The molecule has 0 spiro atoms. The Morgan fingerprint density at radius 3 is 2.80 bits per heavy atom. The Morgan fingerprint density at radius 1 is 1.35 bits per heavy atom. The number of pyridine rings is 1. The molecule has 0 fully saturated rings. The smallest absolute Gasteiger partial charge is 0.250 e. The zero-order valence-corrected chi connectivity index (χ0v) is 11.0. The van der Waals surface area contributed by atoms with Crippen LogP contribution in [0.2, 0.25) is 0 Å². The highest BCUT2D eigenvalue weighted by atomic mass is 16.5. The Morgan fingerprint density at radius 2 is 2.15 bits per heavy atom. The summed E-state index contributed by atoms with van der Waals surface area (Å²) in [5.74, 6) is 0.287. The van der Waals surface area contributed by atoms with Crippen LogP contribution in [-0.4, -0.2) is 17.6 Å². The van der Waals surface area contributed by atoms with Crippen molar-refractivity contribution in [3.05, 3.63) is 52.9 Å². The Kier molecular flexibility index (Phi) is 4.05.